The van der Waals surface area contributed by atoms with E-state index in [2.05, 4.69) is 20.2 Å². The molecule has 1 fully saturated rings. The predicted molar refractivity (Wildman–Crippen MR) is 77.6 cm³/mol. The molecule has 2 atom stereocenters. The highest BCUT2D eigenvalue weighted by Crippen LogP contribution is 2.17. The normalized spacial score (nSPS) is 23.6. The quantitative estimate of drug-likeness (QED) is 0.875. The molecule has 0 saturated carbocycles. The van der Waals surface area contributed by atoms with Crippen LogP contribution in [0.2, 0.25) is 0 Å². The Hall–Kier alpha value is -1.53. The summed E-state index contributed by atoms with van der Waals surface area (Å²) in [4.78, 5) is 22.8. The van der Waals surface area contributed by atoms with Crippen LogP contribution >= 0.6 is 0 Å². The fraction of sp³-hybridized carbons (Fsp3) is 0.667. The van der Waals surface area contributed by atoms with Crippen molar-refractivity contribution in [2.45, 2.75) is 44.9 Å². The highest BCUT2D eigenvalue weighted by atomic mass is 16.5. The molecule has 0 aromatic carbocycles. The predicted octanol–water partition coefficient (Wildman–Crippen LogP) is 0.518. The molecular formula is C15H22N4O2. The number of amides is 1. The Morgan fingerprint density at radius 2 is 2.52 bits per heavy atom. The van der Waals surface area contributed by atoms with Gasteiger partial charge in [-0.2, -0.15) is 0 Å². The van der Waals surface area contributed by atoms with Crippen molar-refractivity contribution in [3.8, 4) is 0 Å². The fourth-order valence-corrected chi connectivity index (χ4v) is 2.93. The van der Waals surface area contributed by atoms with Gasteiger partial charge in [0.1, 0.15) is 6.33 Å². The Bertz CT molecular complexity index is 502. The van der Waals surface area contributed by atoms with E-state index in [0.717, 1.165) is 38.1 Å². The largest absolute Gasteiger partial charge is 0.376 e. The van der Waals surface area contributed by atoms with Gasteiger partial charge in [-0.3, -0.25) is 9.69 Å². The molecular weight excluding hydrogens is 268 g/mol. The highest BCUT2D eigenvalue weighted by Gasteiger charge is 2.26. The molecule has 2 unspecified atom stereocenters. The second-order valence-corrected chi connectivity index (χ2v) is 5.77. The molecule has 21 heavy (non-hydrogen) atoms. The Kier molecular flexibility index (Phi) is 4.45. The van der Waals surface area contributed by atoms with Gasteiger partial charge in [-0.15, -0.1) is 0 Å². The average molecular weight is 290 g/mol. The lowest BCUT2D eigenvalue weighted by molar-refractivity contribution is -0.126. The van der Waals surface area contributed by atoms with Gasteiger partial charge in [0.15, 0.2) is 0 Å². The van der Waals surface area contributed by atoms with Gasteiger partial charge >= 0.3 is 0 Å². The van der Waals surface area contributed by atoms with E-state index in [0.29, 0.717) is 13.1 Å². The molecule has 2 aliphatic rings. The maximum absolute atomic E-state index is 12.3. The SMILES string of the molecule is CC(C(=O)NCC1CCCO1)N1CCc2cncnc2C1. The molecule has 2 aliphatic heterocycles. The van der Waals surface area contributed by atoms with Crippen LogP contribution in [0.3, 0.4) is 0 Å². The third kappa shape index (κ3) is 3.39. The first kappa shape index (κ1) is 14.4. The minimum absolute atomic E-state index is 0.0722. The summed E-state index contributed by atoms with van der Waals surface area (Å²) < 4.78 is 5.53. The lowest BCUT2D eigenvalue weighted by Crippen LogP contribution is -2.48. The van der Waals surface area contributed by atoms with E-state index in [1.807, 2.05) is 13.1 Å². The van der Waals surface area contributed by atoms with E-state index in [9.17, 15) is 4.79 Å². The van der Waals surface area contributed by atoms with Gasteiger partial charge in [0.05, 0.1) is 17.8 Å². The number of carbonyl (C=O) groups is 1. The lowest BCUT2D eigenvalue weighted by Gasteiger charge is -2.32. The third-order valence-electron chi connectivity index (χ3n) is 4.36. The van der Waals surface area contributed by atoms with E-state index in [1.165, 1.54) is 5.56 Å². The summed E-state index contributed by atoms with van der Waals surface area (Å²) in [5.74, 6) is 0.0722. The van der Waals surface area contributed by atoms with Crippen LogP contribution in [0.15, 0.2) is 12.5 Å². The van der Waals surface area contributed by atoms with E-state index in [-0.39, 0.29) is 18.1 Å². The number of fused-ring (bicyclic) bond motifs is 1. The van der Waals surface area contributed by atoms with Crippen molar-refractivity contribution in [2.75, 3.05) is 19.7 Å². The number of carbonyl (C=O) groups excluding carboxylic acids is 1. The zero-order valence-electron chi connectivity index (χ0n) is 12.4. The number of rotatable bonds is 4. The smallest absolute Gasteiger partial charge is 0.237 e. The van der Waals surface area contributed by atoms with Crippen LogP contribution in [0.25, 0.3) is 0 Å². The summed E-state index contributed by atoms with van der Waals surface area (Å²) in [6.45, 7) is 4.98. The molecule has 1 saturated heterocycles. The molecule has 1 N–H and O–H groups in total. The van der Waals surface area contributed by atoms with Crippen LogP contribution in [-0.4, -0.2) is 52.6 Å². The number of aromatic nitrogens is 2. The zero-order valence-corrected chi connectivity index (χ0v) is 12.4. The Labute approximate surface area is 124 Å². The van der Waals surface area contributed by atoms with Gasteiger partial charge in [-0.25, -0.2) is 9.97 Å². The summed E-state index contributed by atoms with van der Waals surface area (Å²) in [5, 5.41) is 3.01. The van der Waals surface area contributed by atoms with Gasteiger partial charge in [0, 0.05) is 32.4 Å². The molecule has 114 valence electrons. The molecule has 6 heteroatoms. The average Bonchev–Trinajstić information content (AvgIpc) is 3.05. The van der Waals surface area contributed by atoms with E-state index >= 15 is 0 Å². The molecule has 0 bridgehead atoms. The third-order valence-corrected chi connectivity index (χ3v) is 4.36. The van der Waals surface area contributed by atoms with Crippen LogP contribution < -0.4 is 5.32 Å². The summed E-state index contributed by atoms with van der Waals surface area (Å²) in [7, 11) is 0. The van der Waals surface area contributed by atoms with E-state index < -0.39 is 0 Å². The van der Waals surface area contributed by atoms with E-state index in [4.69, 9.17) is 4.74 Å². The van der Waals surface area contributed by atoms with Crippen molar-refractivity contribution in [3.05, 3.63) is 23.8 Å². The van der Waals surface area contributed by atoms with E-state index in [1.54, 1.807) is 6.33 Å². The number of nitrogens with one attached hydrogen (secondary N) is 1. The zero-order chi connectivity index (χ0) is 14.7. The van der Waals surface area contributed by atoms with Crippen LogP contribution in [-0.2, 0) is 22.5 Å². The summed E-state index contributed by atoms with van der Waals surface area (Å²) >= 11 is 0. The molecule has 1 aromatic rings. The Morgan fingerprint density at radius 1 is 1.62 bits per heavy atom. The minimum atomic E-state index is -0.144. The lowest BCUT2D eigenvalue weighted by atomic mass is 10.1. The fourth-order valence-electron chi connectivity index (χ4n) is 2.93. The first-order valence-corrected chi connectivity index (χ1v) is 7.65. The molecule has 0 spiro atoms. The van der Waals surface area contributed by atoms with Crippen molar-refractivity contribution < 1.29 is 9.53 Å². The number of ether oxygens (including phenoxy) is 1. The summed E-state index contributed by atoms with van der Waals surface area (Å²) in [6.07, 6.45) is 6.68. The maximum Gasteiger partial charge on any atom is 0.237 e. The minimum Gasteiger partial charge on any atom is -0.376 e. The number of hydrogen-bond donors (Lipinski definition) is 1. The van der Waals surface area contributed by atoms with Crippen molar-refractivity contribution >= 4 is 5.91 Å². The molecule has 0 aliphatic carbocycles. The van der Waals surface area contributed by atoms with Crippen molar-refractivity contribution in [2.24, 2.45) is 0 Å². The highest BCUT2D eigenvalue weighted by molar-refractivity contribution is 5.81. The van der Waals surface area contributed by atoms with Crippen LogP contribution in [0.4, 0.5) is 0 Å². The maximum atomic E-state index is 12.3. The molecule has 1 aromatic heterocycles. The first-order chi connectivity index (χ1) is 10.2. The van der Waals surface area contributed by atoms with Crippen LogP contribution in [0.5, 0.6) is 0 Å². The Morgan fingerprint density at radius 3 is 3.33 bits per heavy atom. The van der Waals surface area contributed by atoms with Gasteiger partial charge in [-0.1, -0.05) is 0 Å². The molecule has 0 radical (unpaired) electrons. The topological polar surface area (TPSA) is 67.3 Å². The molecule has 3 heterocycles. The van der Waals surface area contributed by atoms with Gasteiger partial charge in [0.2, 0.25) is 5.91 Å². The number of hydrogen-bond acceptors (Lipinski definition) is 5. The first-order valence-electron chi connectivity index (χ1n) is 7.65. The standard InChI is InChI=1S/C15H22N4O2/c1-11(15(20)17-8-13-3-2-6-21-13)19-5-4-12-7-16-10-18-14(12)9-19/h7,10-11,13H,2-6,8-9H2,1H3,(H,17,20). The molecule has 3 rings (SSSR count). The second-order valence-electron chi connectivity index (χ2n) is 5.77. The van der Waals surface area contributed by atoms with Gasteiger partial charge in [-0.05, 0) is 31.7 Å². The van der Waals surface area contributed by atoms with Crippen LogP contribution in [0, 0.1) is 0 Å². The van der Waals surface area contributed by atoms with Crippen LogP contribution in [0.1, 0.15) is 31.0 Å². The Balaban J connectivity index is 1.53. The molecule has 1 amide bonds. The van der Waals surface area contributed by atoms with Gasteiger partial charge < -0.3 is 10.1 Å². The van der Waals surface area contributed by atoms with Crippen molar-refractivity contribution in [1.29, 1.82) is 0 Å². The summed E-state index contributed by atoms with van der Waals surface area (Å²) in [6, 6.07) is -0.144. The molecule has 6 nitrogen and oxygen atoms in total. The second kappa shape index (κ2) is 6.49. The van der Waals surface area contributed by atoms with Gasteiger partial charge in [0.25, 0.3) is 0 Å². The number of nitrogens with zero attached hydrogens (tertiary/aromatic N) is 3. The monoisotopic (exact) mass is 290 g/mol. The van der Waals surface area contributed by atoms with Crippen molar-refractivity contribution in [1.82, 2.24) is 20.2 Å². The van der Waals surface area contributed by atoms with Crippen molar-refractivity contribution in [3.63, 3.8) is 0 Å². The summed E-state index contributed by atoms with van der Waals surface area (Å²) in [5.41, 5.74) is 2.23.